The molecule has 1 aromatic carbocycles. The molecule has 1 aliphatic carbocycles. The largest absolute Gasteiger partial charge is 0.310 e. The Morgan fingerprint density at radius 3 is 2.55 bits per heavy atom. The van der Waals surface area contributed by atoms with Gasteiger partial charge in [0, 0.05) is 16.1 Å². The third kappa shape index (κ3) is 4.29. The van der Waals surface area contributed by atoms with Crippen LogP contribution in [0.5, 0.6) is 0 Å². The van der Waals surface area contributed by atoms with E-state index in [4.69, 9.17) is 0 Å². The van der Waals surface area contributed by atoms with Crippen molar-refractivity contribution in [3.63, 3.8) is 0 Å². The van der Waals surface area contributed by atoms with Crippen molar-refractivity contribution in [3.8, 4) is 0 Å². The summed E-state index contributed by atoms with van der Waals surface area (Å²) in [7, 11) is 0. The van der Waals surface area contributed by atoms with Crippen molar-refractivity contribution >= 4 is 15.9 Å². The minimum atomic E-state index is -0.122. The normalized spacial score (nSPS) is 24.6. The van der Waals surface area contributed by atoms with Crippen molar-refractivity contribution < 1.29 is 4.39 Å². The Labute approximate surface area is 130 Å². The van der Waals surface area contributed by atoms with E-state index in [0.717, 1.165) is 28.4 Å². The summed E-state index contributed by atoms with van der Waals surface area (Å²) in [6.45, 7) is 5.34. The van der Waals surface area contributed by atoms with Gasteiger partial charge >= 0.3 is 0 Å². The van der Waals surface area contributed by atoms with Crippen LogP contribution in [0.25, 0.3) is 0 Å². The fourth-order valence-corrected chi connectivity index (χ4v) is 3.52. The van der Waals surface area contributed by atoms with Gasteiger partial charge in [-0.25, -0.2) is 4.39 Å². The van der Waals surface area contributed by atoms with E-state index < -0.39 is 0 Å². The molecule has 1 atom stereocenters. The highest BCUT2D eigenvalue weighted by molar-refractivity contribution is 9.10. The van der Waals surface area contributed by atoms with Gasteiger partial charge in [0.2, 0.25) is 0 Å². The Kier molecular flexibility index (Phi) is 6.03. The summed E-state index contributed by atoms with van der Waals surface area (Å²) in [6, 6.07) is 5.22. The van der Waals surface area contributed by atoms with E-state index >= 15 is 0 Å². The molecule has 1 N–H and O–H groups in total. The molecular formula is C17H25BrFN. The predicted molar refractivity (Wildman–Crippen MR) is 86.3 cm³/mol. The zero-order chi connectivity index (χ0) is 14.5. The average Bonchev–Trinajstić information content (AvgIpc) is 2.47. The van der Waals surface area contributed by atoms with Gasteiger partial charge in [-0.15, -0.1) is 0 Å². The van der Waals surface area contributed by atoms with Gasteiger partial charge in [-0.2, -0.15) is 0 Å². The minimum Gasteiger partial charge on any atom is -0.310 e. The molecule has 2 rings (SSSR count). The monoisotopic (exact) mass is 341 g/mol. The van der Waals surface area contributed by atoms with Crippen LogP contribution in [0, 0.1) is 17.7 Å². The SMILES string of the molecule is CCC1CCC(CNC(C)c2cc(Br)ccc2F)CC1. The Morgan fingerprint density at radius 2 is 1.90 bits per heavy atom. The molecule has 1 fully saturated rings. The highest BCUT2D eigenvalue weighted by atomic mass is 79.9. The van der Waals surface area contributed by atoms with Gasteiger partial charge < -0.3 is 5.32 Å². The molecule has 1 aliphatic rings. The highest BCUT2D eigenvalue weighted by Gasteiger charge is 2.20. The van der Waals surface area contributed by atoms with Crippen LogP contribution in [-0.2, 0) is 0 Å². The molecule has 0 aromatic heterocycles. The second-order valence-corrected chi connectivity index (χ2v) is 7.01. The van der Waals surface area contributed by atoms with Crippen molar-refractivity contribution in [2.75, 3.05) is 6.54 Å². The molecule has 1 saturated carbocycles. The Hall–Kier alpha value is -0.410. The maximum absolute atomic E-state index is 13.8. The number of nitrogens with one attached hydrogen (secondary N) is 1. The molecule has 0 bridgehead atoms. The summed E-state index contributed by atoms with van der Waals surface area (Å²) in [4.78, 5) is 0. The lowest BCUT2D eigenvalue weighted by molar-refractivity contribution is 0.257. The number of benzene rings is 1. The van der Waals surface area contributed by atoms with Crippen LogP contribution in [0.1, 0.15) is 57.6 Å². The van der Waals surface area contributed by atoms with Crippen LogP contribution in [0.3, 0.4) is 0 Å². The van der Waals surface area contributed by atoms with Crippen LogP contribution in [0.4, 0.5) is 4.39 Å². The van der Waals surface area contributed by atoms with E-state index in [9.17, 15) is 4.39 Å². The summed E-state index contributed by atoms with van der Waals surface area (Å²) < 4.78 is 14.8. The third-order valence-corrected chi connectivity index (χ3v) is 5.17. The summed E-state index contributed by atoms with van der Waals surface area (Å²) in [5.41, 5.74) is 0.751. The molecule has 112 valence electrons. The molecule has 0 saturated heterocycles. The maximum Gasteiger partial charge on any atom is 0.128 e. The van der Waals surface area contributed by atoms with Gasteiger partial charge in [0.05, 0.1) is 0 Å². The molecule has 0 heterocycles. The predicted octanol–water partition coefficient (Wildman–Crippen LogP) is 5.46. The van der Waals surface area contributed by atoms with E-state index in [1.165, 1.54) is 38.2 Å². The molecule has 1 aromatic rings. The summed E-state index contributed by atoms with van der Waals surface area (Å²) in [6.07, 6.45) is 6.68. The first-order valence-electron chi connectivity index (χ1n) is 7.78. The highest BCUT2D eigenvalue weighted by Crippen LogP contribution is 2.30. The van der Waals surface area contributed by atoms with E-state index in [0.29, 0.717) is 0 Å². The number of hydrogen-bond acceptors (Lipinski definition) is 1. The van der Waals surface area contributed by atoms with Gasteiger partial charge in [-0.3, -0.25) is 0 Å². The van der Waals surface area contributed by atoms with Crippen LogP contribution >= 0.6 is 15.9 Å². The molecule has 3 heteroatoms. The Morgan fingerprint density at radius 1 is 1.25 bits per heavy atom. The Bertz CT molecular complexity index is 427. The van der Waals surface area contributed by atoms with Crippen molar-refractivity contribution in [1.82, 2.24) is 5.32 Å². The molecule has 1 nitrogen and oxygen atoms in total. The van der Waals surface area contributed by atoms with Gasteiger partial charge in [0.25, 0.3) is 0 Å². The first kappa shape index (κ1) is 16.0. The molecule has 20 heavy (non-hydrogen) atoms. The zero-order valence-electron chi connectivity index (χ0n) is 12.5. The maximum atomic E-state index is 13.8. The smallest absolute Gasteiger partial charge is 0.128 e. The van der Waals surface area contributed by atoms with E-state index in [1.54, 1.807) is 6.07 Å². The molecule has 0 radical (unpaired) electrons. The molecule has 0 amide bonds. The Balaban J connectivity index is 1.83. The van der Waals surface area contributed by atoms with Gasteiger partial charge in [0.15, 0.2) is 0 Å². The van der Waals surface area contributed by atoms with Crippen LogP contribution in [-0.4, -0.2) is 6.54 Å². The van der Waals surface area contributed by atoms with Crippen LogP contribution < -0.4 is 5.32 Å². The molecule has 0 aliphatic heterocycles. The van der Waals surface area contributed by atoms with Gasteiger partial charge in [-0.05, 0) is 56.3 Å². The summed E-state index contributed by atoms with van der Waals surface area (Å²) in [5, 5.41) is 3.51. The topological polar surface area (TPSA) is 12.0 Å². The fraction of sp³-hybridized carbons (Fsp3) is 0.647. The van der Waals surface area contributed by atoms with Crippen LogP contribution in [0.15, 0.2) is 22.7 Å². The minimum absolute atomic E-state index is 0.0661. The lowest BCUT2D eigenvalue weighted by atomic mass is 9.81. The first-order chi connectivity index (χ1) is 9.60. The standard InChI is InChI=1S/C17H25BrFN/c1-3-13-4-6-14(7-5-13)11-20-12(2)16-10-15(18)8-9-17(16)19/h8-10,12-14,20H,3-7,11H2,1-2H3. The van der Waals surface area contributed by atoms with E-state index in [2.05, 4.69) is 28.2 Å². The second kappa shape index (κ2) is 7.56. The summed E-state index contributed by atoms with van der Waals surface area (Å²) >= 11 is 3.41. The summed E-state index contributed by atoms with van der Waals surface area (Å²) in [5.74, 6) is 1.57. The fourth-order valence-electron chi connectivity index (χ4n) is 3.14. The van der Waals surface area contributed by atoms with E-state index in [-0.39, 0.29) is 11.9 Å². The number of hydrogen-bond donors (Lipinski definition) is 1. The van der Waals surface area contributed by atoms with E-state index in [1.807, 2.05) is 13.0 Å². The number of halogens is 2. The molecular weight excluding hydrogens is 317 g/mol. The number of rotatable bonds is 5. The zero-order valence-corrected chi connectivity index (χ0v) is 14.0. The van der Waals surface area contributed by atoms with Crippen molar-refractivity contribution in [2.45, 2.75) is 52.0 Å². The second-order valence-electron chi connectivity index (χ2n) is 6.09. The average molecular weight is 342 g/mol. The van der Waals surface area contributed by atoms with Crippen molar-refractivity contribution in [1.29, 1.82) is 0 Å². The lowest BCUT2D eigenvalue weighted by Gasteiger charge is -2.29. The van der Waals surface area contributed by atoms with Crippen LogP contribution in [0.2, 0.25) is 0 Å². The van der Waals surface area contributed by atoms with Gasteiger partial charge in [0.1, 0.15) is 5.82 Å². The molecule has 1 unspecified atom stereocenters. The lowest BCUT2D eigenvalue weighted by Crippen LogP contribution is -2.29. The van der Waals surface area contributed by atoms with Crippen molar-refractivity contribution in [3.05, 3.63) is 34.1 Å². The third-order valence-electron chi connectivity index (χ3n) is 4.68. The van der Waals surface area contributed by atoms with Gasteiger partial charge in [-0.1, -0.05) is 42.1 Å². The quantitative estimate of drug-likeness (QED) is 0.750. The van der Waals surface area contributed by atoms with Crippen molar-refractivity contribution in [2.24, 2.45) is 11.8 Å². The molecule has 0 spiro atoms. The first-order valence-corrected chi connectivity index (χ1v) is 8.57.